The summed E-state index contributed by atoms with van der Waals surface area (Å²) in [4.78, 5) is 47.2. The molecule has 1 saturated heterocycles. The fraction of sp³-hybridized carbons (Fsp3) is 0.200. The number of aryl methyl sites for hydroxylation is 1. The smallest absolute Gasteiger partial charge is 0.277 e. The van der Waals surface area contributed by atoms with E-state index >= 15 is 0 Å². The number of non-ortho nitro benzene ring substituents is 2. The number of halogens is 1. The molecule has 1 unspecified atom stereocenters. The third-order valence-electron chi connectivity index (χ3n) is 5.19. The highest BCUT2D eigenvalue weighted by Gasteiger charge is 2.34. The molecule has 174 valence electrons. The number of hydrogen-bond acceptors (Lipinski definition) is 9. The van der Waals surface area contributed by atoms with E-state index in [1.807, 2.05) is 19.1 Å². The summed E-state index contributed by atoms with van der Waals surface area (Å²) in [5.41, 5.74) is 0.132. The van der Waals surface area contributed by atoms with Crippen LogP contribution < -0.4 is 10.2 Å². The van der Waals surface area contributed by atoms with Crippen LogP contribution in [-0.4, -0.2) is 38.4 Å². The van der Waals surface area contributed by atoms with Crippen molar-refractivity contribution in [3.63, 3.8) is 0 Å². The largest absolute Gasteiger partial charge is 0.312 e. The number of carbonyl (C=O) groups excluding carboxylic acids is 2. The number of nitrogens with one attached hydrogen (secondary N) is 1. The van der Waals surface area contributed by atoms with Gasteiger partial charge in [0, 0.05) is 41.7 Å². The predicted octanol–water partition coefficient (Wildman–Crippen LogP) is 4.09. The highest BCUT2D eigenvalue weighted by molar-refractivity contribution is 7.15. The second-order valence-electron chi connectivity index (χ2n) is 7.49. The van der Waals surface area contributed by atoms with Crippen molar-refractivity contribution in [2.24, 2.45) is 0 Å². The monoisotopic (exact) mass is 502 g/mol. The molecule has 0 bridgehead atoms. The summed E-state index contributed by atoms with van der Waals surface area (Å²) in [6.45, 7) is 2.22. The first-order chi connectivity index (χ1) is 16.1. The average molecular weight is 503 g/mol. The summed E-state index contributed by atoms with van der Waals surface area (Å²) in [6.07, 6.45) is 0.200. The first kappa shape index (κ1) is 23.2. The van der Waals surface area contributed by atoms with Crippen molar-refractivity contribution >= 4 is 56.9 Å². The van der Waals surface area contributed by atoms with Crippen molar-refractivity contribution < 1.29 is 19.4 Å². The molecular formula is C20H15ClN6O6S. The minimum atomic E-state index is -0.823. The van der Waals surface area contributed by atoms with E-state index in [2.05, 4.69) is 15.5 Å². The van der Waals surface area contributed by atoms with Gasteiger partial charge in [0.05, 0.1) is 21.5 Å². The predicted molar refractivity (Wildman–Crippen MR) is 124 cm³/mol. The van der Waals surface area contributed by atoms with E-state index < -0.39 is 27.1 Å². The summed E-state index contributed by atoms with van der Waals surface area (Å²) in [7, 11) is 0. The molecule has 1 aliphatic rings. The number of nitro groups is 2. The third-order valence-corrected chi connectivity index (χ3v) is 6.60. The van der Waals surface area contributed by atoms with Crippen LogP contribution in [0, 0.1) is 27.2 Å². The van der Waals surface area contributed by atoms with Gasteiger partial charge in [-0.1, -0.05) is 29.0 Å². The van der Waals surface area contributed by atoms with Gasteiger partial charge in [0.25, 0.3) is 17.3 Å². The van der Waals surface area contributed by atoms with Gasteiger partial charge in [0.2, 0.25) is 11.0 Å². The maximum atomic E-state index is 12.6. The standard InChI is InChI=1S/C20H15ClN6O6S/c1-10-2-3-13(8-16(10)21)25-9-12(6-17(25)28)19-23-24-20(34-19)22-18(29)11-4-14(26(30)31)7-15(5-11)27(32)33/h2-5,7-8,12H,6,9H2,1H3,(H,22,24,29). The Morgan fingerprint density at radius 3 is 2.44 bits per heavy atom. The number of hydrogen-bond donors (Lipinski definition) is 1. The van der Waals surface area contributed by atoms with Gasteiger partial charge in [0.1, 0.15) is 5.01 Å². The van der Waals surface area contributed by atoms with Crippen LogP contribution in [0.5, 0.6) is 0 Å². The third kappa shape index (κ3) is 4.70. The van der Waals surface area contributed by atoms with E-state index in [0.717, 1.165) is 35.1 Å². The van der Waals surface area contributed by atoms with E-state index in [0.29, 0.717) is 22.3 Å². The number of rotatable bonds is 6. The van der Waals surface area contributed by atoms with E-state index in [9.17, 15) is 29.8 Å². The lowest BCUT2D eigenvalue weighted by molar-refractivity contribution is -0.394. The Labute approximate surface area is 200 Å². The Bertz CT molecular complexity index is 1310. The highest BCUT2D eigenvalue weighted by atomic mass is 35.5. The van der Waals surface area contributed by atoms with Crippen molar-refractivity contribution in [3.05, 3.63) is 77.8 Å². The lowest BCUT2D eigenvalue weighted by Gasteiger charge is -2.17. The molecule has 1 aromatic heterocycles. The molecule has 0 aliphatic carbocycles. The van der Waals surface area contributed by atoms with Crippen molar-refractivity contribution in [1.82, 2.24) is 10.2 Å². The van der Waals surface area contributed by atoms with Crippen LogP contribution in [0.2, 0.25) is 5.02 Å². The normalized spacial score (nSPS) is 15.4. The molecule has 4 rings (SSSR count). The van der Waals surface area contributed by atoms with Crippen LogP contribution in [0.4, 0.5) is 22.2 Å². The molecule has 0 radical (unpaired) electrons. The topological polar surface area (TPSA) is 161 Å². The van der Waals surface area contributed by atoms with E-state index in [4.69, 9.17) is 11.6 Å². The van der Waals surface area contributed by atoms with Gasteiger partial charge in [-0.3, -0.25) is 35.1 Å². The molecule has 1 atom stereocenters. The zero-order chi connectivity index (χ0) is 24.6. The summed E-state index contributed by atoms with van der Waals surface area (Å²) >= 11 is 7.23. The average Bonchev–Trinajstić information content (AvgIpc) is 3.41. The van der Waals surface area contributed by atoms with Crippen molar-refractivity contribution in [2.75, 3.05) is 16.8 Å². The SMILES string of the molecule is Cc1ccc(N2CC(c3nnc(NC(=O)c4cc([N+](=O)[O-])cc([N+](=O)[O-])c4)s3)CC2=O)cc1Cl. The molecule has 2 heterocycles. The lowest BCUT2D eigenvalue weighted by atomic mass is 10.1. The van der Waals surface area contributed by atoms with Gasteiger partial charge in [-0.25, -0.2) is 0 Å². The number of carbonyl (C=O) groups is 2. The maximum absolute atomic E-state index is 12.6. The molecule has 14 heteroatoms. The second-order valence-corrected chi connectivity index (χ2v) is 8.91. The molecule has 1 N–H and O–H groups in total. The van der Waals surface area contributed by atoms with Gasteiger partial charge in [-0.2, -0.15) is 0 Å². The summed E-state index contributed by atoms with van der Waals surface area (Å²) in [5, 5.41) is 33.7. The quantitative estimate of drug-likeness (QED) is 0.389. The number of anilines is 2. The molecule has 0 spiro atoms. The number of nitro benzene ring substituents is 2. The highest BCUT2D eigenvalue weighted by Crippen LogP contribution is 2.35. The van der Waals surface area contributed by atoms with Gasteiger partial charge in [-0.15, -0.1) is 10.2 Å². The molecule has 1 fully saturated rings. The number of benzene rings is 2. The Morgan fingerprint density at radius 2 is 1.82 bits per heavy atom. The minimum Gasteiger partial charge on any atom is -0.312 e. The Kier molecular flexibility index (Phi) is 6.22. The van der Waals surface area contributed by atoms with Crippen LogP contribution in [-0.2, 0) is 4.79 Å². The van der Waals surface area contributed by atoms with Gasteiger partial charge < -0.3 is 4.90 Å². The lowest BCUT2D eigenvalue weighted by Crippen LogP contribution is -2.24. The number of nitrogens with zero attached hydrogens (tertiary/aromatic N) is 5. The summed E-state index contributed by atoms with van der Waals surface area (Å²) < 4.78 is 0. The van der Waals surface area contributed by atoms with Crippen LogP contribution in [0.3, 0.4) is 0 Å². The molecule has 2 aromatic carbocycles. The minimum absolute atomic E-state index is 0.0958. The van der Waals surface area contributed by atoms with Gasteiger partial charge in [-0.05, 0) is 24.6 Å². The van der Waals surface area contributed by atoms with E-state index in [1.54, 1.807) is 11.0 Å². The fourth-order valence-electron chi connectivity index (χ4n) is 3.43. The molecular weight excluding hydrogens is 488 g/mol. The maximum Gasteiger partial charge on any atom is 0.277 e. The van der Waals surface area contributed by atoms with Crippen molar-refractivity contribution in [1.29, 1.82) is 0 Å². The van der Waals surface area contributed by atoms with E-state index in [1.165, 1.54) is 0 Å². The molecule has 0 saturated carbocycles. The van der Waals surface area contributed by atoms with E-state index in [-0.39, 0.29) is 28.9 Å². The summed E-state index contributed by atoms with van der Waals surface area (Å²) in [5.74, 6) is -1.17. The Hall–Kier alpha value is -3.97. The van der Waals surface area contributed by atoms with Gasteiger partial charge in [0.15, 0.2) is 0 Å². The van der Waals surface area contributed by atoms with Crippen LogP contribution in [0.15, 0.2) is 36.4 Å². The molecule has 1 aliphatic heterocycles. The zero-order valence-corrected chi connectivity index (χ0v) is 19.0. The first-order valence-corrected chi connectivity index (χ1v) is 11.0. The molecule has 3 aromatic rings. The Morgan fingerprint density at radius 1 is 1.15 bits per heavy atom. The van der Waals surface area contributed by atoms with Crippen LogP contribution >= 0.6 is 22.9 Å². The zero-order valence-electron chi connectivity index (χ0n) is 17.4. The molecule has 2 amide bonds. The number of amides is 2. The van der Waals surface area contributed by atoms with Crippen molar-refractivity contribution in [2.45, 2.75) is 19.3 Å². The number of aromatic nitrogens is 2. The fourth-order valence-corrected chi connectivity index (χ4v) is 4.43. The molecule has 12 nitrogen and oxygen atoms in total. The van der Waals surface area contributed by atoms with Crippen molar-refractivity contribution in [3.8, 4) is 0 Å². The molecule has 34 heavy (non-hydrogen) atoms. The van der Waals surface area contributed by atoms with Crippen LogP contribution in [0.1, 0.15) is 33.3 Å². The summed E-state index contributed by atoms with van der Waals surface area (Å²) in [6, 6.07) is 8.00. The van der Waals surface area contributed by atoms with Gasteiger partial charge >= 0.3 is 0 Å². The van der Waals surface area contributed by atoms with Crippen LogP contribution in [0.25, 0.3) is 0 Å². The first-order valence-electron chi connectivity index (χ1n) is 9.77. The second kappa shape index (κ2) is 9.11. The Balaban J connectivity index is 1.49.